The summed E-state index contributed by atoms with van der Waals surface area (Å²) in [7, 11) is -1.49. The highest BCUT2D eigenvalue weighted by atomic mass is 32.2. The maximum absolute atomic E-state index is 12.7. The molecule has 0 unspecified atom stereocenters. The Morgan fingerprint density at radius 1 is 1.08 bits per heavy atom. The third-order valence-electron chi connectivity index (χ3n) is 5.24. The van der Waals surface area contributed by atoms with E-state index in [9.17, 15) is 13.2 Å². The number of piperazine rings is 1. The van der Waals surface area contributed by atoms with Crippen molar-refractivity contribution in [1.29, 1.82) is 0 Å². The molecule has 1 heterocycles. The van der Waals surface area contributed by atoms with Crippen molar-refractivity contribution in [3.05, 3.63) is 29.8 Å². The summed E-state index contributed by atoms with van der Waals surface area (Å²) < 4.78 is 26.9. The Bertz CT molecular complexity index is 689. The largest absolute Gasteiger partial charge is 0.352 e. The molecule has 7 heteroatoms. The number of hydrogen-bond acceptors (Lipinski definition) is 4. The van der Waals surface area contributed by atoms with E-state index in [0.717, 1.165) is 13.1 Å². The highest BCUT2D eigenvalue weighted by Gasteiger charge is 2.27. The van der Waals surface area contributed by atoms with Gasteiger partial charge in [0.05, 0.1) is 4.90 Å². The predicted molar refractivity (Wildman–Crippen MR) is 97.0 cm³/mol. The van der Waals surface area contributed by atoms with E-state index in [0.29, 0.717) is 31.1 Å². The highest BCUT2D eigenvalue weighted by Crippen LogP contribution is 2.24. The van der Waals surface area contributed by atoms with E-state index in [4.69, 9.17) is 0 Å². The van der Waals surface area contributed by atoms with Gasteiger partial charge in [-0.15, -0.1) is 0 Å². The van der Waals surface area contributed by atoms with Gasteiger partial charge in [-0.05, 0) is 50.1 Å². The molecule has 0 radical (unpaired) electrons. The summed E-state index contributed by atoms with van der Waals surface area (Å²) in [6, 6.07) is 6.29. The number of amides is 1. The summed E-state index contributed by atoms with van der Waals surface area (Å²) in [5.74, 6) is 0.455. The average molecular weight is 365 g/mol. The van der Waals surface area contributed by atoms with Crippen LogP contribution in [0.1, 0.15) is 36.0 Å². The maximum atomic E-state index is 12.7. The Morgan fingerprint density at radius 2 is 1.68 bits per heavy atom. The van der Waals surface area contributed by atoms with Crippen LogP contribution in [0.25, 0.3) is 0 Å². The molecule has 25 heavy (non-hydrogen) atoms. The molecule has 0 spiro atoms. The third kappa shape index (κ3) is 4.40. The Morgan fingerprint density at radius 3 is 2.28 bits per heavy atom. The van der Waals surface area contributed by atoms with Crippen LogP contribution in [0.2, 0.25) is 0 Å². The molecule has 1 aromatic carbocycles. The second-order valence-corrected chi connectivity index (χ2v) is 9.03. The first-order chi connectivity index (χ1) is 12.0. The van der Waals surface area contributed by atoms with Crippen molar-refractivity contribution < 1.29 is 13.2 Å². The average Bonchev–Trinajstić information content (AvgIpc) is 3.14. The number of benzene rings is 1. The Labute approximate surface area is 150 Å². The molecule has 0 atom stereocenters. The van der Waals surface area contributed by atoms with Crippen LogP contribution in [0.3, 0.4) is 0 Å². The number of nitrogens with zero attached hydrogens (tertiary/aromatic N) is 2. The minimum absolute atomic E-state index is 0.129. The fraction of sp³-hybridized carbons (Fsp3) is 0.611. The fourth-order valence-corrected chi connectivity index (χ4v) is 4.93. The van der Waals surface area contributed by atoms with E-state index < -0.39 is 10.0 Å². The standard InChI is InChI=1S/C18H27N3O3S/c1-20-10-12-21(13-11-20)25(23,24)17-8-6-16(7-9-17)18(22)19-14-15-4-2-3-5-15/h6-9,15H,2-5,10-14H2,1H3,(H,19,22). The van der Waals surface area contributed by atoms with Crippen molar-refractivity contribution >= 4 is 15.9 Å². The second-order valence-electron chi connectivity index (χ2n) is 7.09. The van der Waals surface area contributed by atoms with Crippen molar-refractivity contribution in [2.24, 2.45) is 5.92 Å². The zero-order chi connectivity index (χ0) is 17.9. The van der Waals surface area contributed by atoms with E-state index in [2.05, 4.69) is 10.2 Å². The van der Waals surface area contributed by atoms with E-state index in [-0.39, 0.29) is 10.8 Å². The lowest BCUT2D eigenvalue weighted by Crippen LogP contribution is -2.47. The quantitative estimate of drug-likeness (QED) is 0.859. The number of nitrogens with one attached hydrogen (secondary N) is 1. The van der Waals surface area contributed by atoms with Gasteiger partial charge >= 0.3 is 0 Å². The van der Waals surface area contributed by atoms with Gasteiger partial charge in [0.25, 0.3) is 5.91 Å². The van der Waals surface area contributed by atoms with Gasteiger partial charge in [-0.1, -0.05) is 12.8 Å². The van der Waals surface area contributed by atoms with Crippen LogP contribution in [-0.2, 0) is 10.0 Å². The van der Waals surface area contributed by atoms with E-state index in [1.165, 1.54) is 42.1 Å². The topological polar surface area (TPSA) is 69.7 Å². The summed E-state index contributed by atoms with van der Waals surface area (Å²) in [4.78, 5) is 14.6. The first-order valence-corrected chi connectivity index (χ1v) is 10.5. The Balaban J connectivity index is 1.61. The van der Waals surface area contributed by atoms with Gasteiger partial charge in [0.15, 0.2) is 0 Å². The van der Waals surface area contributed by atoms with Crippen LogP contribution in [0.4, 0.5) is 0 Å². The van der Waals surface area contributed by atoms with Crippen LogP contribution in [0, 0.1) is 5.92 Å². The van der Waals surface area contributed by atoms with Crippen molar-refractivity contribution in [2.45, 2.75) is 30.6 Å². The minimum atomic E-state index is -3.48. The molecule has 1 N–H and O–H groups in total. The van der Waals surface area contributed by atoms with Gasteiger partial charge in [-0.3, -0.25) is 4.79 Å². The molecule has 3 rings (SSSR count). The lowest BCUT2D eigenvalue weighted by atomic mass is 10.1. The molecule has 1 saturated heterocycles. The lowest BCUT2D eigenvalue weighted by molar-refractivity contribution is 0.0947. The predicted octanol–water partition coefficient (Wildman–Crippen LogP) is 1.54. The normalized spacial score (nSPS) is 20.7. The zero-order valence-corrected chi connectivity index (χ0v) is 15.6. The fourth-order valence-electron chi connectivity index (χ4n) is 3.51. The Hall–Kier alpha value is -1.44. The summed E-state index contributed by atoms with van der Waals surface area (Å²) >= 11 is 0. The molecule has 138 valence electrons. The molecule has 2 aliphatic rings. The summed E-state index contributed by atoms with van der Waals surface area (Å²) in [6.07, 6.45) is 4.86. The smallest absolute Gasteiger partial charge is 0.251 e. The number of likely N-dealkylation sites (N-methyl/N-ethyl adjacent to an activating group) is 1. The zero-order valence-electron chi connectivity index (χ0n) is 14.8. The molecule has 1 amide bonds. The summed E-state index contributed by atoms with van der Waals surface area (Å²) in [5.41, 5.74) is 0.510. The van der Waals surface area contributed by atoms with Crippen LogP contribution in [0.5, 0.6) is 0 Å². The van der Waals surface area contributed by atoms with Gasteiger partial charge in [-0.25, -0.2) is 8.42 Å². The number of sulfonamides is 1. The van der Waals surface area contributed by atoms with Crippen molar-refractivity contribution in [2.75, 3.05) is 39.8 Å². The van der Waals surface area contributed by atoms with Gasteiger partial charge in [0.1, 0.15) is 0 Å². The summed E-state index contributed by atoms with van der Waals surface area (Å²) in [5, 5.41) is 2.96. The van der Waals surface area contributed by atoms with Gasteiger partial charge in [0.2, 0.25) is 10.0 Å². The highest BCUT2D eigenvalue weighted by molar-refractivity contribution is 7.89. The van der Waals surface area contributed by atoms with E-state index >= 15 is 0 Å². The minimum Gasteiger partial charge on any atom is -0.352 e. The molecule has 1 aromatic rings. The van der Waals surface area contributed by atoms with Gasteiger partial charge < -0.3 is 10.2 Å². The van der Waals surface area contributed by atoms with Crippen LogP contribution in [-0.4, -0.2) is 63.3 Å². The van der Waals surface area contributed by atoms with Crippen molar-refractivity contribution in [3.8, 4) is 0 Å². The third-order valence-corrected chi connectivity index (χ3v) is 7.16. The first kappa shape index (κ1) is 18.4. The SMILES string of the molecule is CN1CCN(S(=O)(=O)c2ccc(C(=O)NCC3CCCC3)cc2)CC1. The lowest BCUT2D eigenvalue weighted by Gasteiger charge is -2.31. The molecular weight excluding hydrogens is 338 g/mol. The number of rotatable bonds is 5. The monoisotopic (exact) mass is 365 g/mol. The number of carbonyl (C=O) groups excluding carboxylic acids is 1. The van der Waals surface area contributed by atoms with E-state index in [1.807, 2.05) is 7.05 Å². The van der Waals surface area contributed by atoms with Crippen molar-refractivity contribution in [1.82, 2.24) is 14.5 Å². The molecule has 1 saturated carbocycles. The molecular formula is C18H27N3O3S. The van der Waals surface area contributed by atoms with Crippen LogP contribution in [0.15, 0.2) is 29.2 Å². The van der Waals surface area contributed by atoms with Gasteiger partial charge in [0, 0.05) is 38.3 Å². The molecule has 6 nitrogen and oxygen atoms in total. The molecule has 0 aromatic heterocycles. The maximum Gasteiger partial charge on any atom is 0.251 e. The number of hydrogen-bond donors (Lipinski definition) is 1. The van der Waals surface area contributed by atoms with Crippen molar-refractivity contribution in [3.63, 3.8) is 0 Å². The Kier molecular flexibility index (Phi) is 5.76. The van der Waals surface area contributed by atoms with Gasteiger partial charge in [-0.2, -0.15) is 4.31 Å². The first-order valence-electron chi connectivity index (χ1n) is 9.04. The molecule has 2 fully saturated rings. The molecule has 0 bridgehead atoms. The molecule has 1 aliphatic heterocycles. The van der Waals surface area contributed by atoms with Crippen LogP contribution >= 0.6 is 0 Å². The number of carbonyl (C=O) groups is 1. The molecule has 1 aliphatic carbocycles. The second kappa shape index (κ2) is 7.85. The van der Waals surface area contributed by atoms with Crippen LogP contribution < -0.4 is 5.32 Å². The summed E-state index contributed by atoms with van der Waals surface area (Å²) in [6.45, 7) is 3.19. The van der Waals surface area contributed by atoms with E-state index in [1.54, 1.807) is 12.1 Å².